The van der Waals surface area contributed by atoms with Gasteiger partial charge in [-0.05, 0) is 55.8 Å². The maximum Gasteiger partial charge on any atom is 0.222 e. The standard InChI is InChI=1S/C22H20N6/c1-11-7-15-9-13(3-5-17(15)25-11)19-20(27-22(24)28-21(19)23)14-4-6-18-16(10-14)8-12(2)26-18/h3-10,25-26H,1-2H3,(H4,23,24,27,28). The van der Waals surface area contributed by atoms with Crippen LogP contribution in [0.25, 0.3) is 44.2 Å². The van der Waals surface area contributed by atoms with E-state index in [1.807, 2.05) is 26.0 Å². The molecular formula is C22H20N6. The van der Waals surface area contributed by atoms with Crippen molar-refractivity contribution in [1.82, 2.24) is 19.9 Å². The first kappa shape index (κ1) is 16.4. The third kappa shape index (κ3) is 2.58. The van der Waals surface area contributed by atoms with E-state index in [4.69, 9.17) is 11.5 Å². The Balaban J connectivity index is 1.76. The molecule has 6 N–H and O–H groups in total. The molecule has 6 heteroatoms. The number of aryl methyl sites for hydroxylation is 2. The molecule has 0 aliphatic heterocycles. The van der Waals surface area contributed by atoms with Gasteiger partial charge in [0.25, 0.3) is 0 Å². The molecule has 0 spiro atoms. The van der Waals surface area contributed by atoms with Crippen LogP contribution in [-0.4, -0.2) is 19.9 Å². The van der Waals surface area contributed by atoms with Gasteiger partial charge < -0.3 is 21.4 Å². The van der Waals surface area contributed by atoms with E-state index in [-0.39, 0.29) is 5.95 Å². The number of hydrogen-bond donors (Lipinski definition) is 4. The van der Waals surface area contributed by atoms with Crippen LogP contribution in [0.2, 0.25) is 0 Å². The number of anilines is 2. The van der Waals surface area contributed by atoms with E-state index >= 15 is 0 Å². The minimum Gasteiger partial charge on any atom is -0.383 e. The number of nitrogen functional groups attached to an aromatic ring is 2. The fraction of sp³-hybridized carbons (Fsp3) is 0.0909. The number of aromatic amines is 2. The number of nitrogens with zero attached hydrogens (tertiary/aromatic N) is 2. The molecule has 0 bridgehead atoms. The lowest BCUT2D eigenvalue weighted by atomic mass is 9.98. The van der Waals surface area contributed by atoms with Gasteiger partial charge in [-0.15, -0.1) is 0 Å². The topological polar surface area (TPSA) is 109 Å². The molecule has 0 aliphatic rings. The summed E-state index contributed by atoms with van der Waals surface area (Å²) in [5.74, 6) is 0.541. The molecule has 3 aromatic heterocycles. The summed E-state index contributed by atoms with van der Waals surface area (Å²) in [6.07, 6.45) is 0. The number of rotatable bonds is 2. The number of H-pyrrole nitrogens is 2. The number of nitrogens with one attached hydrogen (secondary N) is 2. The highest BCUT2D eigenvalue weighted by atomic mass is 15.0. The van der Waals surface area contributed by atoms with Crippen LogP contribution in [0.5, 0.6) is 0 Å². The van der Waals surface area contributed by atoms with Gasteiger partial charge in [-0.2, -0.15) is 4.98 Å². The van der Waals surface area contributed by atoms with Crippen molar-refractivity contribution in [3.8, 4) is 22.4 Å². The monoisotopic (exact) mass is 368 g/mol. The maximum atomic E-state index is 6.31. The fourth-order valence-corrected chi connectivity index (χ4v) is 3.85. The normalized spacial score (nSPS) is 11.5. The van der Waals surface area contributed by atoms with Gasteiger partial charge in [-0.3, -0.25) is 0 Å². The van der Waals surface area contributed by atoms with Crippen molar-refractivity contribution in [2.75, 3.05) is 11.5 Å². The smallest absolute Gasteiger partial charge is 0.222 e. The highest BCUT2D eigenvalue weighted by molar-refractivity contribution is 5.95. The summed E-state index contributed by atoms with van der Waals surface area (Å²) in [5.41, 5.74) is 20.1. The van der Waals surface area contributed by atoms with Crippen molar-refractivity contribution < 1.29 is 0 Å². The van der Waals surface area contributed by atoms with Crippen molar-refractivity contribution in [1.29, 1.82) is 0 Å². The molecule has 0 radical (unpaired) electrons. The Morgan fingerprint density at radius 3 is 1.93 bits per heavy atom. The van der Waals surface area contributed by atoms with Crippen molar-refractivity contribution in [2.24, 2.45) is 0 Å². The van der Waals surface area contributed by atoms with Gasteiger partial charge in [-0.25, -0.2) is 4.98 Å². The largest absolute Gasteiger partial charge is 0.383 e. The lowest BCUT2D eigenvalue weighted by molar-refractivity contribution is 1.20. The van der Waals surface area contributed by atoms with Crippen molar-refractivity contribution in [3.63, 3.8) is 0 Å². The molecule has 6 nitrogen and oxygen atoms in total. The first-order chi connectivity index (χ1) is 13.5. The molecule has 0 aliphatic carbocycles. The summed E-state index contributed by atoms with van der Waals surface area (Å²) in [4.78, 5) is 15.5. The molecule has 0 unspecified atom stereocenters. The third-order valence-corrected chi connectivity index (χ3v) is 5.03. The van der Waals surface area contributed by atoms with Crippen LogP contribution in [0.3, 0.4) is 0 Å². The Kier molecular flexibility index (Phi) is 3.42. The summed E-state index contributed by atoms with van der Waals surface area (Å²) >= 11 is 0. The minimum atomic E-state index is 0.167. The van der Waals surface area contributed by atoms with Crippen LogP contribution < -0.4 is 11.5 Å². The van der Waals surface area contributed by atoms with Crippen molar-refractivity contribution in [2.45, 2.75) is 13.8 Å². The number of hydrogen-bond acceptors (Lipinski definition) is 4. The summed E-state index contributed by atoms with van der Waals surface area (Å²) < 4.78 is 0. The average molecular weight is 368 g/mol. The predicted molar refractivity (Wildman–Crippen MR) is 115 cm³/mol. The van der Waals surface area contributed by atoms with Gasteiger partial charge in [0.05, 0.1) is 11.3 Å². The maximum absolute atomic E-state index is 6.31. The zero-order chi connectivity index (χ0) is 19.4. The second kappa shape index (κ2) is 5.85. The van der Waals surface area contributed by atoms with E-state index in [2.05, 4.69) is 56.3 Å². The van der Waals surface area contributed by atoms with Crippen LogP contribution in [-0.2, 0) is 0 Å². The molecule has 0 amide bonds. The molecule has 2 aromatic carbocycles. The molecular weight excluding hydrogens is 348 g/mol. The van der Waals surface area contributed by atoms with Crippen molar-refractivity contribution >= 4 is 33.6 Å². The summed E-state index contributed by atoms with van der Waals surface area (Å²) in [5, 5.41) is 2.24. The van der Waals surface area contributed by atoms with Gasteiger partial charge in [0.1, 0.15) is 5.82 Å². The number of aromatic nitrogens is 4. The highest BCUT2D eigenvalue weighted by Crippen LogP contribution is 2.37. The number of fused-ring (bicyclic) bond motifs is 2. The highest BCUT2D eigenvalue weighted by Gasteiger charge is 2.17. The molecule has 0 fully saturated rings. The predicted octanol–water partition coefficient (Wildman–Crippen LogP) is 4.55. The van der Waals surface area contributed by atoms with E-state index in [1.165, 1.54) is 0 Å². The third-order valence-electron chi connectivity index (χ3n) is 5.03. The molecule has 0 atom stereocenters. The van der Waals surface area contributed by atoms with Crippen molar-refractivity contribution in [3.05, 3.63) is 59.9 Å². The minimum absolute atomic E-state index is 0.167. The van der Waals surface area contributed by atoms with Crippen LogP contribution in [0, 0.1) is 13.8 Å². The molecule has 28 heavy (non-hydrogen) atoms. The van der Waals surface area contributed by atoms with Gasteiger partial charge >= 0.3 is 0 Å². The second-order valence-corrected chi connectivity index (χ2v) is 7.20. The zero-order valence-electron chi connectivity index (χ0n) is 15.7. The molecule has 138 valence electrons. The van der Waals surface area contributed by atoms with Gasteiger partial charge in [0.15, 0.2) is 0 Å². The van der Waals surface area contributed by atoms with E-state index in [0.29, 0.717) is 5.82 Å². The Hall–Kier alpha value is -3.80. The Bertz CT molecular complexity index is 1360. The first-order valence-corrected chi connectivity index (χ1v) is 9.10. The van der Waals surface area contributed by atoms with Crippen LogP contribution in [0.15, 0.2) is 48.5 Å². The second-order valence-electron chi connectivity index (χ2n) is 7.20. The van der Waals surface area contributed by atoms with Crippen LogP contribution in [0.1, 0.15) is 11.4 Å². The molecule has 5 aromatic rings. The SMILES string of the molecule is Cc1cc2cc(-c3nc(N)nc(N)c3-c3ccc4[nH]c(C)cc4c3)ccc2[nH]1. The van der Waals surface area contributed by atoms with Crippen LogP contribution >= 0.6 is 0 Å². The Labute approximate surface area is 161 Å². The average Bonchev–Trinajstić information content (AvgIpc) is 3.19. The summed E-state index contributed by atoms with van der Waals surface area (Å²) in [6.45, 7) is 4.08. The zero-order valence-corrected chi connectivity index (χ0v) is 15.7. The Morgan fingerprint density at radius 2 is 1.29 bits per heavy atom. The Morgan fingerprint density at radius 1 is 0.714 bits per heavy atom. The molecule has 0 saturated heterocycles. The van der Waals surface area contributed by atoms with Gasteiger partial charge in [0.2, 0.25) is 5.95 Å². The van der Waals surface area contributed by atoms with E-state index < -0.39 is 0 Å². The summed E-state index contributed by atoms with van der Waals surface area (Å²) in [6, 6.07) is 16.6. The van der Waals surface area contributed by atoms with E-state index in [0.717, 1.165) is 55.6 Å². The number of benzene rings is 2. The quantitative estimate of drug-likeness (QED) is 0.366. The first-order valence-electron chi connectivity index (χ1n) is 9.10. The molecule has 5 rings (SSSR count). The van der Waals surface area contributed by atoms with E-state index in [1.54, 1.807) is 0 Å². The van der Waals surface area contributed by atoms with Crippen LogP contribution in [0.4, 0.5) is 11.8 Å². The van der Waals surface area contributed by atoms with Gasteiger partial charge in [0, 0.05) is 38.8 Å². The lowest BCUT2D eigenvalue weighted by Crippen LogP contribution is -2.04. The van der Waals surface area contributed by atoms with Gasteiger partial charge in [-0.1, -0.05) is 12.1 Å². The molecule has 0 saturated carbocycles. The lowest BCUT2D eigenvalue weighted by Gasteiger charge is -2.13. The van der Waals surface area contributed by atoms with E-state index in [9.17, 15) is 0 Å². The number of nitrogens with two attached hydrogens (primary N) is 2. The fourth-order valence-electron chi connectivity index (χ4n) is 3.85. The molecule has 3 heterocycles. The summed E-state index contributed by atoms with van der Waals surface area (Å²) in [7, 11) is 0.